The first-order valence-electron chi connectivity index (χ1n) is 11.3. The van der Waals surface area contributed by atoms with Crippen molar-refractivity contribution in [2.75, 3.05) is 19.0 Å². The lowest BCUT2D eigenvalue weighted by atomic mass is 10.1. The van der Waals surface area contributed by atoms with E-state index in [0.29, 0.717) is 11.1 Å². The van der Waals surface area contributed by atoms with Crippen molar-refractivity contribution >= 4 is 50.6 Å². The van der Waals surface area contributed by atoms with Crippen molar-refractivity contribution in [3.63, 3.8) is 0 Å². The zero-order chi connectivity index (χ0) is 29.5. The fraction of sp³-hybridized carbons (Fsp3) is 0.261. The number of hydrogen-bond donors (Lipinski definition) is 5. The summed E-state index contributed by atoms with van der Waals surface area (Å²) in [6, 6.07) is 7.86. The van der Waals surface area contributed by atoms with E-state index in [1.165, 1.54) is 37.4 Å². The zero-order valence-corrected chi connectivity index (χ0v) is 23.0. The minimum atomic E-state index is -4.58. The average Bonchev–Trinajstić information content (AvgIpc) is 3.39. The number of anilines is 1. The van der Waals surface area contributed by atoms with Crippen LogP contribution in [0.2, 0.25) is 5.02 Å². The molecule has 5 N–H and O–H groups in total. The van der Waals surface area contributed by atoms with Crippen molar-refractivity contribution < 1.29 is 41.0 Å². The topological polar surface area (TPSA) is 159 Å². The van der Waals surface area contributed by atoms with E-state index in [1.807, 2.05) is 4.83 Å². The van der Waals surface area contributed by atoms with Gasteiger partial charge in [-0.05, 0) is 36.8 Å². The number of rotatable bonds is 12. The van der Waals surface area contributed by atoms with Crippen molar-refractivity contribution in [3.8, 4) is 11.5 Å². The third-order valence-electron chi connectivity index (χ3n) is 5.14. The smallest absolute Gasteiger partial charge is 0.417 e. The van der Waals surface area contributed by atoms with Crippen LogP contribution in [0, 0.1) is 0 Å². The number of sulfonamides is 1. The number of pyridine rings is 1. The summed E-state index contributed by atoms with van der Waals surface area (Å²) in [5.41, 5.74) is 1.02. The monoisotopic (exact) mass is 621 g/mol. The molecule has 2 heterocycles. The van der Waals surface area contributed by atoms with Gasteiger partial charge in [0.05, 0.1) is 24.2 Å². The van der Waals surface area contributed by atoms with Gasteiger partial charge in [-0.3, -0.25) is 15.0 Å². The molecule has 0 atom stereocenters. The van der Waals surface area contributed by atoms with E-state index >= 15 is 0 Å². The molecule has 0 saturated heterocycles. The fourth-order valence-corrected chi connectivity index (χ4v) is 5.58. The number of benzene rings is 1. The lowest BCUT2D eigenvalue weighted by Crippen LogP contribution is -2.41. The number of amides is 2. The number of hydrogen-bond acceptors (Lipinski definition) is 9. The van der Waals surface area contributed by atoms with E-state index in [2.05, 4.69) is 21.0 Å². The molecule has 0 unspecified atom stereocenters. The third-order valence-corrected chi connectivity index (χ3v) is 8.26. The van der Waals surface area contributed by atoms with E-state index in [-0.39, 0.29) is 58.0 Å². The number of nitrogens with zero attached hydrogens (tertiary/aromatic N) is 1. The van der Waals surface area contributed by atoms with Gasteiger partial charge in [-0.25, -0.2) is 13.4 Å². The summed E-state index contributed by atoms with van der Waals surface area (Å²) in [5, 5.41) is 15.0. The molecule has 0 spiro atoms. The zero-order valence-electron chi connectivity index (χ0n) is 20.6. The molecular formula is C23H23ClF3N5O6S2. The maximum absolute atomic E-state index is 12.7. The maximum atomic E-state index is 12.7. The SMILES string of the molecule is COc1cccc(O)c1C(=O)NCc1ccc(S(=O)(=O)NNC(=O)CCCNc2ncc(C(F)(F)F)cc2Cl)s1. The van der Waals surface area contributed by atoms with Gasteiger partial charge in [-0.1, -0.05) is 17.7 Å². The molecule has 0 bridgehead atoms. The third kappa shape index (κ3) is 8.20. The largest absolute Gasteiger partial charge is 0.507 e. The van der Waals surface area contributed by atoms with E-state index in [4.69, 9.17) is 16.3 Å². The minimum absolute atomic E-state index is 0.0141. The lowest BCUT2D eigenvalue weighted by molar-refractivity contribution is -0.137. The van der Waals surface area contributed by atoms with Crippen LogP contribution in [0.4, 0.5) is 19.0 Å². The second-order valence-electron chi connectivity index (χ2n) is 7.99. The molecule has 216 valence electrons. The molecule has 0 fully saturated rings. The number of methoxy groups -OCH3 is 1. The van der Waals surface area contributed by atoms with Crippen LogP contribution in [0.25, 0.3) is 0 Å². The number of aromatic nitrogens is 1. The lowest BCUT2D eigenvalue weighted by Gasteiger charge is -2.11. The summed E-state index contributed by atoms with van der Waals surface area (Å²) >= 11 is 6.66. The van der Waals surface area contributed by atoms with Gasteiger partial charge in [0.15, 0.2) is 0 Å². The van der Waals surface area contributed by atoms with Crippen molar-refractivity contribution in [2.45, 2.75) is 29.8 Å². The van der Waals surface area contributed by atoms with Crippen molar-refractivity contribution in [1.29, 1.82) is 0 Å². The number of carbonyl (C=O) groups excluding carboxylic acids is 2. The standard InChI is InChI=1S/C23H23ClF3N5O6S2/c1-38-17-5-2-4-16(33)20(17)22(35)30-12-14-7-8-19(39-14)40(36,37)32-31-18(34)6-3-9-28-21-15(24)10-13(11-29-21)23(25,26)27/h2,4-5,7-8,10-11,32-33H,3,6,9,12H2,1H3,(H,28,29)(H,30,35)(H,31,34). The molecular weight excluding hydrogens is 599 g/mol. The number of nitrogens with one attached hydrogen (secondary N) is 4. The number of thiophene rings is 1. The Morgan fingerprint density at radius 3 is 2.62 bits per heavy atom. The van der Waals surface area contributed by atoms with Crippen LogP contribution >= 0.6 is 22.9 Å². The summed E-state index contributed by atoms with van der Waals surface area (Å²) in [6.07, 6.45) is -3.88. The summed E-state index contributed by atoms with van der Waals surface area (Å²) in [7, 11) is -2.76. The molecule has 11 nitrogen and oxygen atoms in total. The fourth-order valence-electron chi connectivity index (χ4n) is 3.19. The Hall–Kier alpha value is -3.60. The molecule has 0 radical (unpaired) electrons. The second-order valence-corrected chi connectivity index (χ2v) is 11.5. The van der Waals surface area contributed by atoms with E-state index in [1.54, 1.807) is 0 Å². The molecule has 0 aliphatic carbocycles. The number of carbonyl (C=O) groups is 2. The van der Waals surface area contributed by atoms with E-state index in [0.717, 1.165) is 17.4 Å². The van der Waals surface area contributed by atoms with Gasteiger partial charge in [0.25, 0.3) is 15.9 Å². The van der Waals surface area contributed by atoms with Gasteiger partial charge >= 0.3 is 6.18 Å². The Morgan fingerprint density at radius 1 is 1.20 bits per heavy atom. The molecule has 0 saturated carbocycles. The highest BCUT2D eigenvalue weighted by Crippen LogP contribution is 2.32. The number of halogens is 4. The molecule has 0 aliphatic heterocycles. The maximum Gasteiger partial charge on any atom is 0.417 e. The van der Waals surface area contributed by atoms with Crippen molar-refractivity contribution in [1.82, 2.24) is 20.6 Å². The average molecular weight is 622 g/mol. The Labute approximate surface area is 235 Å². The Bertz CT molecular complexity index is 1480. The van der Waals surface area contributed by atoms with Crippen LogP contribution < -0.4 is 25.6 Å². The number of alkyl halides is 3. The molecule has 3 aromatic rings. The second kappa shape index (κ2) is 13.2. The number of ether oxygens (including phenoxy) is 1. The normalized spacial score (nSPS) is 11.6. The first kappa shape index (κ1) is 30.9. The molecule has 2 aromatic heterocycles. The molecule has 2 amide bonds. The Morgan fingerprint density at radius 2 is 1.95 bits per heavy atom. The van der Waals surface area contributed by atoms with Crippen molar-refractivity contribution in [3.05, 3.63) is 63.6 Å². The van der Waals surface area contributed by atoms with E-state index < -0.39 is 33.6 Å². The van der Waals surface area contributed by atoms with Crippen LogP contribution in [-0.2, 0) is 27.5 Å². The highest BCUT2D eigenvalue weighted by Gasteiger charge is 2.31. The summed E-state index contributed by atoms with van der Waals surface area (Å²) < 4.78 is 68.0. The minimum Gasteiger partial charge on any atom is -0.507 e. The van der Waals surface area contributed by atoms with Gasteiger partial charge in [0, 0.05) is 24.0 Å². The summed E-state index contributed by atoms with van der Waals surface area (Å²) in [6.45, 7) is 0.0958. The quantitative estimate of drug-likeness (QED) is 0.151. The Balaban J connectivity index is 1.44. The predicted octanol–water partition coefficient (Wildman–Crippen LogP) is 3.66. The number of hydrazine groups is 1. The van der Waals surface area contributed by atoms with Crippen molar-refractivity contribution in [2.24, 2.45) is 0 Å². The van der Waals surface area contributed by atoms with Crippen LogP contribution in [-0.4, -0.2) is 44.0 Å². The van der Waals surface area contributed by atoms with Crippen LogP contribution in [0.1, 0.15) is 33.6 Å². The van der Waals surface area contributed by atoms with Crippen LogP contribution in [0.15, 0.2) is 46.8 Å². The number of phenols is 1. The molecule has 3 rings (SSSR count). The van der Waals surface area contributed by atoms with Gasteiger partial charge in [-0.15, -0.1) is 16.2 Å². The number of phenolic OH excluding ortho intramolecular Hbond substituents is 1. The predicted molar refractivity (Wildman–Crippen MR) is 141 cm³/mol. The van der Waals surface area contributed by atoms with Gasteiger partial charge in [0.2, 0.25) is 5.91 Å². The molecule has 17 heteroatoms. The van der Waals surface area contributed by atoms with Crippen LogP contribution in [0.5, 0.6) is 11.5 Å². The van der Waals surface area contributed by atoms with Gasteiger partial charge in [0.1, 0.15) is 27.1 Å². The Kier molecular flexibility index (Phi) is 10.2. The van der Waals surface area contributed by atoms with Crippen LogP contribution in [0.3, 0.4) is 0 Å². The first-order valence-corrected chi connectivity index (χ1v) is 14.0. The van der Waals surface area contributed by atoms with E-state index in [9.17, 15) is 36.3 Å². The molecule has 1 aromatic carbocycles. The highest BCUT2D eigenvalue weighted by atomic mass is 35.5. The highest BCUT2D eigenvalue weighted by molar-refractivity contribution is 7.91. The molecule has 40 heavy (non-hydrogen) atoms. The summed E-state index contributed by atoms with van der Waals surface area (Å²) in [4.78, 5) is 30.6. The molecule has 0 aliphatic rings. The van der Waals surface area contributed by atoms with Gasteiger partial charge in [-0.2, -0.15) is 13.2 Å². The summed E-state index contributed by atoms with van der Waals surface area (Å²) in [5.74, 6) is -1.37. The van der Waals surface area contributed by atoms with Gasteiger partial charge < -0.3 is 20.5 Å². The number of aromatic hydroxyl groups is 1. The first-order chi connectivity index (χ1) is 18.8.